The second kappa shape index (κ2) is 9.88. The Kier molecular flexibility index (Phi) is 6.96. The number of allylic oxidation sites excluding steroid dienone is 1. The molecule has 1 N–H and O–H groups in total. The van der Waals surface area contributed by atoms with E-state index in [0.29, 0.717) is 11.7 Å². The molecule has 3 aromatic rings. The number of nitrogens with zero attached hydrogens (tertiary/aromatic N) is 3. The minimum absolute atomic E-state index is 0.145. The summed E-state index contributed by atoms with van der Waals surface area (Å²) in [4.78, 5) is 8.11. The molecule has 0 amide bonds. The summed E-state index contributed by atoms with van der Waals surface area (Å²) in [7, 11) is 0. The highest BCUT2D eigenvalue weighted by Crippen LogP contribution is 2.37. The molecular weight excluding hydrogens is 436 g/mol. The molecule has 1 aliphatic rings. The largest absolute Gasteiger partial charge is 0.351 e. The third-order valence-electron chi connectivity index (χ3n) is 5.77. The molecule has 2 heterocycles. The summed E-state index contributed by atoms with van der Waals surface area (Å²) in [6, 6.07) is 16.7. The molecule has 0 spiro atoms. The van der Waals surface area contributed by atoms with Gasteiger partial charge in [-0.3, -0.25) is 0 Å². The summed E-state index contributed by atoms with van der Waals surface area (Å²) >= 11 is 7.42. The summed E-state index contributed by atoms with van der Waals surface area (Å²) in [6.45, 7) is 7.23. The predicted molar refractivity (Wildman–Crippen MR) is 135 cm³/mol. The first kappa shape index (κ1) is 22.6. The Bertz CT molecular complexity index is 1120. The molecule has 0 aliphatic carbocycles. The minimum Gasteiger partial charge on any atom is -0.351 e. The predicted octanol–water partition coefficient (Wildman–Crippen LogP) is 6.09. The van der Waals surface area contributed by atoms with Gasteiger partial charge in [0.25, 0.3) is 5.89 Å². The van der Waals surface area contributed by atoms with E-state index >= 15 is 0 Å². The molecule has 5 nitrogen and oxygen atoms in total. The molecule has 2 aromatic carbocycles. The van der Waals surface area contributed by atoms with E-state index in [1.54, 1.807) is 11.8 Å². The highest BCUT2D eigenvalue weighted by atomic mass is 32.2. The fourth-order valence-corrected chi connectivity index (χ4v) is 4.69. The molecule has 0 radical (unpaired) electrons. The average Bonchev–Trinajstić information content (AvgIpc) is 3.31. The van der Waals surface area contributed by atoms with Gasteiger partial charge >= 0.3 is 0 Å². The van der Waals surface area contributed by atoms with Crippen LogP contribution < -0.4 is 5.32 Å². The maximum absolute atomic E-state index is 5.81. The number of rotatable bonds is 7. The highest BCUT2D eigenvalue weighted by molar-refractivity contribution is 7.98. The number of nitrogens with one attached hydrogen (secondary N) is 1. The number of benzene rings is 2. The number of thiocarbonyl (C=S) groups is 1. The lowest BCUT2D eigenvalue weighted by Crippen LogP contribution is -2.46. The van der Waals surface area contributed by atoms with Gasteiger partial charge in [0.2, 0.25) is 5.82 Å². The maximum Gasteiger partial charge on any atom is 0.258 e. The molecule has 0 bridgehead atoms. The van der Waals surface area contributed by atoms with Crippen molar-refractivity contribution < 1.29 is 4.52 Å². The Hall–Kier alpha value is -2.64. The third kappa shape index (κ3) is 4.45. The van der Waals surface area contributed by atoms with E-state index in [1.165, 1.54) is 10.5 Å². The van der Waals surface area contributed by atoms with Gasteiger partial charge in [0.05, 0.1) is 11.6 Å². The summed E-state index contributed by atoms with van der Waals surface area (Å²) in [6.07, 6.45) is 4.05. The second-order valence-corrected chi connectivity index (χ2v) is 9.05. The fourth-order valence-electron chi connectivity index (χ4n) is 3.94. The van der Waals surface area contributed by atoms with Gasteiger partial charge in [0.15, 0.2) is 5.11 Å². The molecule has 0 saturated heterocycles. The quantitative estimate of drug-likeness (QED) is 0.335. The van der Waals surface area contributed by atoms with Crippen molar-refractivity contribution in [3.05, 3.63) is 71.2 Å². The van der Waals surface area contributed by atoms with Crippen molar-refractivity contribution in [2.24, 2.45) is 0 Å². The van der Waals surface area contributed by atoms with Crippen molar-refractivity contribution in [3.8, 4) is 11.4 Å². The zero-order chi connectivity index (χ0) is 22.7. The van der Waals surface area contributed by atoms with E-state index in [9.17, 15) is 0 Å². The molecule has 166 valence electrons. The first-order valence-corrected chi connectivity index (χ1v) is 12.5. The molecule has 32 heavy (non-hydrogen) atoms. The van der Waals surface area contributed by atoms with Gasteiger partial charge in [-0.1, -0.05) is 43.3 Å². The number of aromatic nitrogens is 2. The molecular formula is C25H28N4OS2. The lowest BCUT2D eigenvalue weighted by Gasteiger charge is -2.37. The molecule has 4 rings (SSSR count). The van der Waals surface area contributed by atoms with Crippen LogP contribution in [0.25, 0.3) is 17.0 Å². The van der Waals surface area contributed by atoms with Gasteiger partial charge in [0, 0.05) is 22.7 Å². The van der Waals surface area contributed by atoms with Crippen molar-refractivity contribution in [1.29, 1.82) is 0 Å². The highest BCUT2D eigenvalue weighted by Gasteiger charge is 2.33. The van der Waals surface area contributed by atoms with Crippen LogP contribution in [0.3, 0.4) is 0 Å². The topological polar surface area (TPSA) is 54.2 Å². The smallest absolute Gasteiger partial charge is 0.258 e. The van der Waals surface area contributed by atoms with Crippen LogP contribution in [0.2, 0.25) is 0 Å². The summed E-state index contributed by atoms with van der Waals surface area (Å²) in [5.74, 6) is 1.11. The molecule has 0 saturated carbocycles. The number of hydrogen-bond acceptors (Lipinski definition) is 5. The zero-order valence-electron chi connectivity index (χ0n) is 18.9. The van der Waals surface area contributed by atoms with Crippen LogP contribution in [-0.4, -0.2) is 33.0 Å². The lowest BCUT2D eigenvalue weighted by molar-refractivity contribution is 0.396. The average molecular weight is 465 g/mol. The van der Waals surface area contributed by atoms with Crippen molar-refractivity contribution in [2.45, 2.75) is 44.6 Å². The molecule has 1 unspecified atom stereocenters. The Morgan fingerprint density at radius 3 is 2.44 bits per heavy atom. The van der Waals surface area contributed by atoms with Crippen LogP contribution in [0.15, 0.2) is 63.6 Å². The van der Waals surface area contributed by atoms with Crippen LogP contribution in [-0.2, 0) is 6.42 Å². The Morgan fingerprint density at radius 2 is 1.81 bits per heavy atom. The fraction of sp³-hybridized carbons (Fsp3) is 0.320. The van der Waals surface area contributed by atoms with Gasteiger partial charge in [-0.2, -0.15) is 4.98 Å². The van der Waals surface area contributed by atoms with Gasteiger partial charge < -0.3 is 14.7 Å². The normalized spacial score (nSPS) is 16.4. The monoisotopic (exact) mass is 464 g/mol. The van der Waals surface area contributed by atoms with Crippen LogP contribution in [0.5, 0.6) is 0 Å². The van der Waals surface area contributed by atoms with Crippen LogP contribution >= 0.6 is 24.0 Å². The van der Waals surface area contributed by atoms with E-state index in [1.807, 2.05) is 12.1 Å². The standard InChI is InChI=1S/C25H28N4OS2/c1-5-15-29-16(3)21(22(26-25(29)31)18-9-7-17(6-2)8-10-18)24-27-23(28-30-24)19-11-13-20(32-4)14-12-19/h7-14,22H,5-6,15H2,1-4H3,(H,26,31). The van der Waals surface area contributed by atoms with Crippen molar-refractivity contribution in [1.82, 2.24) is 20.4 Å². The zero-order valence-corrected chi connectivity index (χ0v) is 20.5. The SMILES string of the molecule is CCCN1C(=S)NC(c2ccc(CC)cc2)C(c2nc(-c3ccc(SC)cc3)no2)=C1C. The molecule has 1 aromatic heterocycles. The first-order chi connectivity index (χ1) is 15.5. The number of aryl methyl sites for hydroxylation is 1. The van der Waals surface area contributed by atoms with Gasteiger partial charge in [-0.25, -0.2) is 0 Å². The van der Waals surface area contributed by atoms with Crippen LogP contribution in [0, 0.1) is 0 Å². The van der Waals surface area contributed by atoms with E-state index in [-0.39, 0.29) is 6.04 Å². The Morgan fingerprint density at radius 1 is 1.09 bits per heavy atom. The third-order valence-corrected chi connectivity index (χ3v) is 6.85. The molecule has 7 heteroatoms. The summed E-state index contributed by atoms with van der Waals surface area (Å²) in [5.41, 5.74) is 5.38. The van der Waals surface area contributed by atoms with Crippen molar-refractivity contribution >= 4 is 34.7 Å². The molecule has 1 atom stereocenters. The van der Waals surface area contributed by atoms with E-state index < -0.39 is 0 Å². The van der Waals surface area contributed by atoms with Crippen LogP contribution in [0.1, 0.15) is 50.3 Å². The van der Waals surface area contributed by atoms with E-state index in [4.69, 9.17) is 21.7 Å². The molecule has 1 aliphatic heterocycles. The minimum atomic E-state index is -0.145. The Labute approximate surface area is 199 Å². The van der Waals surface area contributed by atoms with E-state index in [0.717, 1.165) is 46.9 Å². The van der Waals surface area contributed by atoms with Crippen LogP contribution in [0.4, 0.5) is 0 Å². The van der Waals surface area contributed by atoms with Gasteiger partial charge in [-0.05, 0) is 73.6 Å². The molecule has 0 fully saturated rings. The summed E-state index contributed by atoms with van der Waals surface area (Å²) < 4.78 is 5.81. The maximum atomic E-state index is 5.81. The van der Waals surface area contributed by atoms with Gasteiger partial charge in [0.1, 0.15) is 0 Å². The lowest BCUT2D eigenvalue weighted by atomic mass is 9.94. The first-order valence-electron chi connectivity index (χ1n) is 10.9. The van der Waals surface area contributed by atoms with Gasteiger partial charge in [-0.15, -0.1) is 11.8 Å². The number of hydrogen-bond donors (Lipinski definition) is 1. The van der Waals surface area contributed by atoms with Crippen molar-refractivity contribution in [2.75, 3.05) is 12.8 Å². The van der Waals surface area contributed by atoms with E-state index in [2.05, 4.69) is 78.8 Å². The Balaban J connectivity index is 1.77. The number of thioether (sulfide) groups is 1. The second-order valence-electron chi connectivity index (χ2n) is 7.78. The van der Waals surface area contributed by atoms with Crippen molar-refractivity contribution in [3.63, 3.8) is 0 Å². The summed E-state index contributed by atoms with van der Waals surface area (Å²) in [5, 5.41) is 8.53.